The number of carbonyl (C=O) groups is 1. The molecule has 0 bridgehead atoms. The van der Waals surface area contributed by atoms with Gasteiger partial charge < -0.3 is 14.7 Å². The predicted octanol–water partition coefficient (Wildman–Crippen LogP) is 3.08. The molecule has 0 spiro atoms. The van der Waals surface area contributed by atoms with Crippen LogP contribution in [0.2, 0.25) is 0 Å². The minimum absolute atomic E-state index is 0.0110. The van der Waals surface area contributed by atoms with E-state index in [9.17, 15) is 9.90 Å². The molecular formula is C18H25NO3. The molecule has 0 unspecified atom stereocenters. The predicted molar refractivity (Wildman–Crippen MR) is 86.7 cm³/mol. The van der Waals surface area contributed by atoms with E-state index < -0.39 is 6.10 Å². The van der Waals surface area contributed by atoms with Gasteiger partial charge in [-0.05, 0) is 37.0 Å². The molecule has 0 saturated carbocycles. The zero-order chi connectivity index (χ0) is 16.1. The first-order valence-electron chi connectivity index (χ1n) is 7.91. The number of nitrogens with zero attached hydrogens (tertiary/aromatic N) is 1. The van der Waals surface area contributed by atoms with Crippen molar-refractivity contribution in [3.8, 4) is 5.75 Å². The van der Waals surface area contributed by atoms with Crippen LogP contribution in [0.4, 0.5) is 0 Å². The maximum atomic E-state index is 12.6. The quantitative estimate of drug-likeness (QED) is 0.851. The lowest BCUT2D eigenvalue weighted by Gasteiger charge is -2.24. The number of methoxy groups -OCH3 is 1. The lowest BCUT2D eigenvalue weighted by molar-refractivity contribution is -0.127. The van der Waals surface area contributed by atoms with Gasteiger partial charge in [-0.15, -0.1) is 0 Å². The average Bonchev–Trinajstić information content (AvgIpc) is 2.94. The third-order valence-corrected chi connectivity index (χ3v) is 4.28. The highest BCUT2D eigenvalue weighted by molar-refractivity contribution is 5.89. The van der Waals surface area contributed by atoms with Crippen LogP contribution in [0, 0.1) is 0 Å². The molecule has 1 heterocycles. The van der Waals surface area contributed by atoms with Gasteiger partial charge in [0.05, 0.1) is 19.3 Å². The topological polar surface area (TPSA) is 49.8 Å². The smallest absolute Gasteiger partial charge is 0.247 e. The van der Waals surface area contributed by atoms with Crippen molar-refractivity contribution in [3.05, 3.63) is 41.5 Å². The maximum absolute atomic E-state index is 12.6. The lowest BCUT2D eigenvalue weighted by atomic mass is 10.0. The number of aliphatic hydroxyl groups is 1. The van der Waals surface area contributed by atoms with Crippen LogP contribution in [-0.2, 0) is 4.79 Å². The molecule has 1 aliphatic rings. The molecule has 1 aromatic rings. The van der Waals surface area contributed by atoms with Gasteiger partial charge in [0.1, 0.15) is 5.75 Å². The van der Waals surface area contributed by atoms with E-state index in [1.54, 1.807) is 18.1 Å². The summed E-state index contributed by atoms with van der Waals surface area (Å²) >= 11 is 0. The average molecular weight is 303 g/mol. The summed E-state index contributed by atoms with van der Waals surface area (Å²) in [7, 11) is 1.63. The van der Waals surface area contributed by atoms with Crippen LogP contribution in [0.5, 0.6) is 5.75 Å². The van der Waals surface area contributed by atoms with E-state index in [4.69, 9.17) is 4.74 Å². The third kappa shape index (κ3) is 3.69. The number of β-amino-alcohol motifs (C(OH)–C–C–N with tert-alkyl or cyclic N) is 1. The second kappa shape index (κ2) is 7.45. The van der Waals surface area contributed by atoms with Gasteiger partial charge in [-0.2, -0.15) is 0 Å². The Bertz CT molecular complexity index is 547. The van der Waals surface area contributed by atoms with E-state index in [2.05, 4.69) is 13.8 Å². The number of benzene rings is 1. The normalized spacial score (nSPS) is 20.8. The van der Waals surface area contributed by atoms with Crippen LogP contribution in [-0.4, -0.2) is 35.7 Å². The van der Waals surface area contributed by atoms with Gasteiger partial charge in [-0.3, -0.25) is 4.79 Å². The summed E-state index contributed by atoms with van der Waals surface area (Å²) < 4.78 is 5.26. The van der Waals surface area contributed by atoms with E-state index in [-0.39, 0.29) is 11.9 Å². The summed E-state index contributed by atoms with van der Waals surface area (Å²) in [6.45, 7) is 4.50. The minimum Gasteiger partial charge on any atom is -0.497 e. The highest BCUT2D eigenvalue weighted by Gasteiger charge is 2.34. The van der Waals surface area contributed by atoms with Crippen molar-refractivity contribution in [1.29, 1.82) is 0 Å². The Morgan fingerprint density at radius 2 is 2.14 bits per heavy atom. The number of aliphatic hydroxyl groups excluding tert-OH is 1. The van der Waals surface area contributed by atoms with Crippen molar-refractivity contribution in [3.63, 3.8) is 0 Å². The van der Waals surface area contributed by atoms with E-state index in [1.165, 1.54) is 0 Å². The molecule has 2 atom stereocenters. The van der Waals surface area contributed by atoms with Crippen LogP contribution in [0.25, 0.3) is 0 Å². The summed E-state index contributed by atoms with van der Waals surface area (Å²) in [6.07, 6.45) is 3.58. The second-order valence-corrected chi connectivity index (χ2v) is 5.68. The van der Waals surface area contributed by atoms with Crippen LogP contribution < -0.4 is 4.74 Å². The number of allylic oxidation sites excluding steroid dienone is 1. The molecule has 1 amide bonds. The van der Waals surface area contributed by atoms with Crippen molar-refractivity contribution in [2.24, 2.45) is 0 Å². The van der Waals surface area contributed by atoms with Crippen LogP contribution in [0.15, 0.2) is 35.9 Å². The van der Waals surface area contributed by atoms with Crippen LogP contribution >= 0.6 is 0 Å². The molecule has 22 heavy (non-hydrogen) atoms. The monoisotopic (exact) mass is 303 g/mol. The van der Waals surface area contributed by atoms with Crippen molar-refractivity contribution < 1.29 is 14.6 Å². The van der Waals surface area contributed by atoms with Crippen molar-refractivity contribution in [2.45, 2.75) is 45.3 Å². The second-order valence-electron chi connectivity index (χ2n) is 5.68. The fourth-order valence-electron chi connectivity index (χ4n) is 2.93. The molecule has 120 valence electrons. The first-order chi connectivity index (χ1) is 10.6. The molecular weight excluding hydrogens is 278 g/mol. The first kappa shape index (κ1) is 16.6. The Balaban J connectivity index is 2.25. The summed E-state index contributed by atoms with van der Waals surface area (Å²) in [5, 5.41) is 10.0. The first-order valence-corrected chi connectivity index (χ1v) is 7.91. The summed E-state index contributed by atoms with van der Waals surface area (Å²) in [5.41, 5.74) is 2.14. The highest BCUT2D eigenvalue weighted by atomic mass is 16.5. The zero-order valence-corrected chi connectivity index (χ0v) is 13.6. The number of hydrogen-bond acceptors (Lipinski definition) is 3. The van der Waals surface area contributed by atoms with E-state index in [1.807, 2.05) is 24.3 Å². The molecule has 4 heteroatoms. The van der Waals surface area contributed by atoms with Gasteiger partial charge in [-0.1, -0.05) is 31.6 Å². The highest BCUT2D eigenvalue weighted by Crippen LogP contribution is 2.34. The van der Waals surface area contributed by atoms with Gasteiger partial charge in [0, 0.05) is 12.6 Å². The molecule has 1 fully saturated rings. The fraction of sp³-hybridized carbons (Fsp3) is 0.500. The van der Waals surface area contributed by atoms with Gasteiger partial charge in [0.25, 0.3) is 0 Å². The van der Waals surface area contributed by atoms with E-state index in [0.29, 0.717) is 13.0 Å². The van der Waals surface area contributed by atoms with Gasteiger partial charge >= 0.3 is 0 Å². The third-order valence-electron chi connectivity index (χ3n) is 4.28. The lowest BCUT2D eigenvalue weighted by Crippen LogP contribution is -2.30. The molecule has 0 aromatic heterocycles. The van der Waals surface area contributed by atoms with Crippen molar-refractivity contribution in [1.82, 2.24) is 4.90 Å². The SMILES string of the molecule is CCC(=CC(=O)N1C[C@H](O)C[C@@H]1c1cccc(OC)c1)CC. The molecule has 1 aromatic carbocycles. The number of amides is 1. The zero-order valence-electron chi connectivity index (χ0n) is 13.6. The van der Waals surface area contributed by atoms with Gasteiger partial charge in [0.15, 0.2) is 0 Å². The standard InChI is InChI=1S/C18H25NO3/c1-4-13(5-2)9-18(21)19-12-15(20)11-17(19)14-7-6-8-16(10-14)22-3/h6-10,15,17,20H,4-5,11-12H2,1-3H3/t15-,17-/m1/s1. The van der Waals surface area contributed by atoms with Crippen LogP contribution in [0.3, 0.4) is 0 Å². The minimum atomic E-state index is -0.472. The number of hydrogen-bond donors (Lipinski definition) is 1. The largest absolute Gasteiger partial charge is 0.497 e. The van der Waals surface area contributed by atoms with E-state index >= 15 is 0 Å². The van der Waals surface area contributed by atoms with Gasteiger partial charge in [0.2, 0.25) is 5.91 Å². The summed E-state index contributed by atoms with van der Waals surface area (Å²) in [6, 6.07) is 7.63. The Morgan fingerprint density at radius 1 is 1.41 bits per heavy atom. The van der Waals surface area contributed by atoms with E-state index in [0.717, 1.165) is 29.7 Å². The molecule has 0 radical (unpaired) electrons. The molecule has 4 nitrogen and oxygen atoms in total. The Kier molecular flexibility index (Phi) is 5.61. The molecule has 1 N–H and O–H groups in total. The number of carbonyl (C=O) groups excluding carboxylic acids is 1. The van der Waals surface area contributed by atoms with Crippen molar-refractivity contribution in [2.75, 3.05) is 13.7 Å². The fourth-order valence-corrected chi connectivity index (χ4v) is 2.93. The number of rotatable bonds is 5. The summed E-state index contributed by atoms with van der Waals surface area (Å²) in [4.78, 5) is 14.3. The van der Waals surface area contributed by atoms with Crippen molar-refractivity contribution >= 4 is 5.91 Å². The summed E-state index contributed by atoms with van der Waals surface area (Å²) in [5.74, 6) is 0.757. The van der Waals surface area contributed by atoms with Crippen LogP contribution in [0.1, 0.15) is 44.7 Å². The number of ether oxygens (including phenoxy) is 1. The Labute approximate surface area is 132 Å². The Morgan fingerprint density at radius 3 is 2.77 bits per heavy atom. The number of likely N-dealkylation sites (tertiary alicyclic amines) is 1. The molecule has 1 aliphatic heterocycles. The van der Waals surface area contributed by atoms with Gasteiger partial charge in [-0.25, -0.2) is 0 Å². The molecule has 0 aliphatic carbocycles. The molecule has 2 rings (SSSR count). The Hall–Kier alpha value is -1.81. The molecule has 1 saturated heterocycles. The maximum Gasteiger partial charge on any atom is 0.247 e.